The molecule has 1 heterocycles. The van der Waals surface area contributed by atoms with Crippen molar-refractivity contribution in [2.24, 2.45) is 9.98 Å². The lowest BCUT2D eigenvalue weighted by molar-refractivity contribution is -0.143. The summed E-state index contributed by atoms with van der Waals surface area (Å²) >= 11 is 0. The first-order chi connectivity index (χ1) is 21.8. The van der Waals surface area contributed by atoms with E-state index in [-0.39, 0.29) is 30.4 Å². The Balaban J connectivity index is 1.93. The van der Waals surface area contributed by atoms with Gasteiger partial charge < -0.3 is 9.80 Å². The highest BCUT2D eigenvalue weighted by Gasteiger charge is 2.39. The zero-order chi connectivity index (χ0) is 34.9. The van der Waals surface area contributed by atoms with E-state index in [0.29, 0.717) is 43.8 Å². The van der Waals surface area contributed by atoms with E-state index in [2.05, 4.69) is 4.99 Å². The second-order valence-electron chi connectivity index (χ2n) is 11.5. The third-order valence-corrected chi connectivity index (χ3v) is 8.01. The number of alkyl halides is 9. The molecule has 0 bridgehead atoms. The maximum absolute atomic E-state index is 14.2. The monoisotopic (exact) mass is 670 g/mol. The minimum atomic E-state index is -5.17. The van der Waals surface area contributed by atoms with Crippen LogP contribution in [0.3, 0.4) is 0 Å². The average molecular weight is 671 g/mol. The zero-order valence-electron chi connectivity index (χ0n) is 26.6. The van der Waals surface area contributed by atoms with Crippen molar-refractivity contribution in [2.45, 2.75) is 72.4 Å². The topological polar surface area (TPSA) is 31.2 Å². The van der Waals surface area contributed by atoms with Crippen LogP contribution in [0.1, 0.15) is 71.7 Å². The quantitative estimate of drug-likeness (QED) is 0.154. The van der Waals surface area contributed by atoms with E-state index in [1.165, 1.54) is 24.8 Å². The molecule has 0 N–H and O–H groups in total. The molecule has 0 radical (unpaired) electrons. The Morgan fingerprint density at radius 3 is 1.77 bits per heavy atom. The van der Waals surface area contributed by atoms with Gasteiger partial charge in [-0.25, -0.2) is 9.98 Å². The van der Waals surface area contributed by atoms with Gasteiger partial charge in [0.05, 0.1) is 34.7 Å². The lowest BCUT2D eigenvalue weighted by Gasteiger charge is -2.39. The Morgan fingerprint density at radius 1 is 0.702 bits per heavy atom. The Bertz CT molecular complexity index is 1610. The number of nitrogens with zero attached hydrogens (tertiary/aromatic N) is 4. The first kappa shape index (κ1) is 35.8. The van der Waals surface area contributed by atoms with Gasteiger partial charge in [0.25, 0.3) is 0 Å². The number of halogens is 9. The predicted octanol–water partition coefficient (Wildman–Crippen LogP) is 10.3. The molecule has 0 aromatic heterocycles. The summed E-state index contributed by atoms with van der Waals surface area (Å²) in [5, 5.41) is 0. The molecule has 0 amide bonds. The minimum absolute atomic E-state index is 0.0187. The number of benzene rings is 3. The van der Waals surface area contributed by atoms with E-state index in [4.69, 9.17) is 4.99 Å². The van der Waals surface area contributed by atoms with E-state index in [1.807, 2.05) is 32.0 Å². The van der Waals surface area contributed by atoms with Crippen LogP contribution in [0.15, 0.2) is 58.5 Å². The van der Waals surface area contributed by atoms with Crippen molar-refractivity contribution in [3.8, 4) is 0 Å². The lowest BCUT2D eigenvalue weighted by atomic mass is 10.0. The van der Waals surface area contributed by atoms with Crippen LogP contribution in [0.2, 0.25) is 0 Å². The van der Waals surface area contributed by atoms with Gasteiger partial charge in [0.15, 0.2) is 0 Å². The fourth-order valence-electron chi connectivity index (χ4n) is 5.66. The van der Waals surface area contributed by atoms with Gasteiger partial charge in [-0.3, -0.25) is 0 Å². The molecule has 1 fully saturated rings. The van der Waals surface area contributed by atoms with Crippen LogP contribution in [-0.2, 0) is 31.4 Å². The Labute approximate surface area is 267 Å². The lowest BCUT2D eigenvalue weighted by Crippen LogP contribution is -2.49. The summed E-state index contributed by atoms with van der Waals surface area (Å²) in [7, 11) is 0. The molecular weight excluding hydrogens is 635 g/mol. The van der Waals surface area contributed by atoms with Crippen molar-refractivity contribution in [3.63, 3.8) is 0 Å². The number of hydrogen-bond acceptors (Lipinski definition) is 2. The van der Waals surface area contributed by atoms with Crippen molar-refractivity contribution in [2.75, 3.05) is 19.8 Å². The van der Waals surface area contributed by atoms with Crippen LogP contribution < -0.4 is 0 Å². The zero-order valence-corrected chi connectivity index (χ0v) is 26.6. The smallest absolute Gasteiger partial charge is 0.342 e. The summed E-state index contributed by atoms with van der Waals surface area (Å²) in [4.78, 5) is 12.3. The van der Waals surface area contributed by atoms with Crippen molar-refractivity contribution in [1.29, 1.82) is 0 Å². The number of para-hydroxylation sites is 1. The van der Waals surface area contributed by atoms with Gasteiger partial charge in [-0.1, -0.05) is 43.7 Å². The molecule has 13 heteroatoms. The second-order valence-corrected chi connectivity index (χ2v) is 11.5. The van der Waals surface area contributed by atoms with E-state index >= 15 is 0 Å². The van der Waals surface area contributed by atoms with Crippen LogP contribution in [0.5, 0.6) is 0 Å². The summed E-state index contributed by atoms with van der Waals surface area (Å²) in [6, 6.07) is 9.09. The summed E-state index contributed by atoms with van der Waals surface area (Å²) in [6.45, 7) is 8.99. The molecule has 0 saturated carbocycles. The molecule has 4 nitrogen and oxygen atoms in total. The van der Waals surface area contributed by atoms with Gasteiger partial charge >= 0.3 is 18.5 Å². The maximum atomic E-state index is 14.2. The standard InChI is InChI=1S/C34H35F9N4/c1-6-23-10-8-11-24(7-2)30(23)44-22(5)46-12-9-13-47(19-46)31(45-29-21(4)14-20(3)15-28(29)34(41,42)43)25-16-26(32(35,36)37)18-27(17-25)33(38,39)40/h8,10-11,14-18H,6-7,9,12-13,19H2,1-5H3. The Kier molecular flexibility index (Phi) is 10.4. The highest BCUT2D eigenvalue weighted by Crippen LogP contribution is 2.41. The van der Waals surface area contributed by atoms with Crippen LogP contribution in [0.25, 0.3) is 0 Å². The van der Waals surface area contributed by atoms with E-state index in [1.54, 1.807) is 11.8 Å². The average Bonchev–Trinajstić information content (AvgIpc) is 2.99. The molecule has 1 aliphatic rings. The fraction of sp³-hybridized carbons (Fsp3) is 0.412. The summed E-state index contributed by atoms with van der Waals surface area (Å²) in [5.74, 6) is 0.0897. The number of amidine groups is 2. The van der Waals surface area contributed by atoms with Crippen LogP contribution in [-0.4, -0.2) is 41.2 Å². The van der Waals surface area contributed by atoms with Crippen molar-refractivity contribution < 1.29 is 39.5 Å². The number of hydrogen-bond donors (Lipinski definition) is 0. The highest BCUT2D eigenvalue weighted by molar-refractivity contribution is 6.01. The summed E-state index contributed by atoms with van der Waals surface area (Å²) in [5.41, 5.74) is -2.43. The summed E-state index contributed by atoms with van der Waals surface area (Å²) < 4.78 is 126. The van der Waals surface area contributed by atoms with Crippen molar-refractivity contribution in [3.05, 3.63) is 93.0 Å². The van der Waals surface area contributed by atoms with E-state index in [9.17, 15) is 39.5 Å². The molecule has 3 aromatic rings. The normalized spacial score (nSPS) is 15.4. The van der Waals surface area contributed by atoms with Gasteiger partial charge in [-0.05, 0) is 81.0 Å². The molecule has 0 spiro atoms. The molecule has 0 atom stereocenters. The number of aliphatic imine (C=N–C) groups is 2. The number of rotatable bonds is 5. The first-order valence-electron chi connectivity index (χ1n) is 15.1. The minimum Gasteiger partial charge on any atom is -0.342 e. The van der Waals surface area contributed by atoms with Gasteiger partial charge in [-0.15, -0.1) is 0 Å². The van der Waals surface area contributed by atoms with Gasteiger partial charge in [0.1, 0.15) is 11.7 Å². The molecule has 0 unspecified atom stereocenters. The van der Waals surface area contributed by atoms with Crippen LogP contribution in [0, 0.1) is 13.8 Å². The molecule has 1 aliphatic heterocycles. The van der Waals surface area contributed by atoms with Crippen LogP contribution in [0.4, 0.5) is 50.9 Å². The molecule has 3 aromatic carbocycles. The third-order valence-electron chi connectivity index (χ3n) is 8.01. The van der Waals surface area contributed by atoms with Gasteiger partial charge in [0, 0.05) is 18.7 Å². The van der Waals surface area contributed by atoms with E-state index in [0.717, 1.165) is 22.9 Å². The first-order valence-corrected chi connectivity index (χ1v) is 15.1. The number of aryl methyl sites for hydroxylation is 4. The van der Waals surface area contributed by atoms with E-state index < -0.39 is 52.3 Å². The largest absolute Gasteiger partial charge is 0.418 e. The maximum Gasteiger partial charge on any atom is 0.418 e. The molecule has 47 heavy (non-hydrogen) atoms. The summed E-state index contributed by atoms with van der Waals surface area (Å²) in [6.07, 6.45) is -13.4. The van der Waals surface area contributed by atoms with Crippen molar-refractivity contribution in [1.82, 2.24) is 9.80 Å². The Hall–Kier alpha value is -4.03. The van der Waals surface area contributed by atoms with Gasteiger partial charge in [-0.2, -0.15) is 39.5 Å². The Morgan fingerprint density at radius 2 is 1.26 bits per heavy atom. The molecule has 4 rings (SSSR count). The second kappa shape index (κ2) is 13.6. The molecule has 1 saturated heterocycles. The fourth-order valence-corrected chi connectivity index (χ4v) is 5.66. The molecule has 254 valence electrons. The van der Waals surface area contributed by atoms with Gasteiger partial charge in [0.2, 0.25) is 0 Å². The molecule has 0 aliphatic carbocycles. The van der Waals surface area contributed by atoms with Crippen molar-refractivity contribution >= 4 is 23.0 Å². The highest BCUT2D eigenvalue weighted by atomic mass is 19.4. The SMILES string of the molecule is CCc1cccc(CC)c1N=C(C)N1CCCN(C(=Nc2c(C)cc(C)cc2C(F)(F)F)c2cc(C(F)(F)F)cc(C(F)(F)F)c2)C1. The van der Waals surface area contributed by atoms with Crippen LogP contribution >= 0.6 is 0 Å². The predicted molar refractivity (Wildman–Crippen MR) is 164 cm³/mol. The molecular formula is C34H35F9N4. The third kappa shape index (κ3) is 8.28.